The largest absolute Gasteiger partial charge is 0.393 e. The highest BCUT2D eigenvalue weighted by Gasteiger charge is 2.48. The first-order valence-electron chi connectivity index (χ1n) is 6.18. The Morgan fingerprint density at radius 2 is 2.06 bits per heavy atom. The summed E-state index contributed by atoms with van der Waals surface area (Å²) in [5, 5.41) is 3.07. The van der Waals surface area contributed by atoms with Crippen LogP contribution in [-0.2, 0) is 4.79 Å². The number of nitrogens with one attached hydrogen (secondary N) is 1. The Kier molecular flexibility index (Phi) is 3.47. The molecule has 2 aliphatic rings. The molecule has 0 aliphatic heterocycles. The summed E-state index contributed by atoms with van der Waals surface area (Å²) in [7, 11) is 0. The Bertz CT molecular complexity index is 295. The van der Waals surface area contributed by atoms with Gasteiger partial charge >= 0.3 is 0 Å². The van der Waals surface area contributed by atoms with Crippen LogP contribution in [0.25, 0.3) is 0 Å². The summed E-state index contributed by atoms with van der Waals surface area (Å²) in [6, 6.07) is 0.127. The van der Waals surface area contributed by atoms with Gasteiger partial charge in [-0.05, 0) is 37.5 Å². The summed E-state index contributed by atoms with van der Waals surface area (Å²) in [6.07, 6.45) is 5.06. The Morgan fingerprint density at radius 1 is 1.44 bits per heavy atom. The van der Waals surface area contributed by atoms with Crippen LogP contribution in [0, 0.1) is 17.8 Å². The van der Waals surface area contributed by atoms with Crippen molar-refractivity contribution in [3.63, 3.8) is 0 Å². The number of amides is 1. The van der Waals surface area contributed by atoms with Crippen LogP contribution in [0.3, 0.4) is 0 Å². The van der Waals surface area contributed by atoms with Crippen molar-refractivity contribution in [3.05, 3.63) is 0 Å². The van der Waals surface area contributed by atoms with E-state index in [1.54, 1.807) is 0 Å². The highest BCUT2D eigenvalue weighted by molar-refractivity contribution is 7.80. The van der Waals surface area contributed by atoms with Gasteiger partial charge in [0.05, 0.1) is 4.99 Å². The smallest absolute Gasteiger partial charge is 0.223 e. The molecule has 3 unspecified atom stereocenters. The van der Waals surface area contributed by atoms with Crippen LogP contribution < -0.4 is 11.1 Å². The summed E-state index contributed by atoms with van der Waals surface area (Å²) >= 11 is 4.88. The van der Waals surface area contributed by atoms with Gasteiger partial charge in [-0.25, -0.2) is 0 Å². The molecular formula is C12H20N2OS. The van der Waals surface area contributed by atoms with E-state index in [0.29, 0.717) is 11.4 Å². The molecule has 2 fully saturated rings. The lowest BCUT2D eigenvalue weighted by Crippen LogP contribution is -2.40. The molecule has 3 atom stereocenters. The van der Waals surface area contributed by atoms with Crippen molar-refractivity contribution in [2.24, 2.45) is 23.5 Å². The number of thiocarbonyl (C=S) groups is 1. The molecule has 0 heterocycles. The van der Waals surface area contributed by atoms with E-state index in [2.05, 4.69) is 12.2 Å². The molecule has 0 aromatic carbocycles. The topological polar surface area (TPSA) is 55.1 Å². The molecule has 2 saturated carbocycles. The van der Waals surface area contributed by atoms with Crippen LogP contribution in [0.5, 0.6) is 0 Å². The molecule has 3 nitrogen and oxygen atoms in total. The number of hydrogen-bond acceptors (Lipinski definition) is 2. The molecule has 0 bridgehead atoms. The predicted molar refractivity (Wildman–Crippen MR) is 67.9 cm³/mol. The first-order chi connectivity index (χ1) is 7.60. The fraction of sp³-hybridized carbons (Fsp3) is 0.833. The van der Waals surface area contributed by atoms with Crippen LogP contribution in [0.2, 0.25) is 0 Å². The van der Waals surface area contributed by atoms with Crippen molar-refractivity contribution < 1.29 is 4.79 Å². The van der Waals surface area contributed by atoms with Crippen molar-refractivity contribution in [1.29, 1.82) is 0 Å². The van der Waals surface area contributed by atoms with Crippen molar-refractivity contribution in [1.82, 2.24) is 5.32 Å². The summed E-state index contributed by atoms with van der Waals surface area (Å²) in [6.45, 7) is 2.05. The average Bonchev–Trinajstić information content (AvgIpc) is 2.84. The maximum absolute atomic E-state index is 12.0. The predicted octanol–water partition coefficient (Wildman–Crippen LogP) is 1.60. The quantitative estimate of drug-likeness (QED) is 0.718. The van der Waals surface area contributed by atoms with Gasteiger partial charge in [0.1, 0.15) is 0 Å². The zero-order valence-electron chi connectivity index (χ0n) is 9.74. The summed E-state index contributed by atoms with van der Waals surface area (Å²) in [5.41, 5.74) is 5.51. The molecule has 0 aromatic heterocycles. The fourth-order valence-electron chi connectivity index (χ4n) is 2.79. The van der Waals surface area contributed by atoms with Crippen molar-refractivity contribution in [3.8, 4) is 0 Å². The Hall–Kier alpha value is -0.640. The average molecular weight is 240 g/mol. The third-order valence-electron chi connectivity index (χ3n) is 3.90. The molecule has 0 aromatic rings. The molecule has 16 heavy (non-hydrogen) atoms. The van der Waals surface area contributed by atoms with Gasteiger partial charge in [0.2, 0.25) is 5.91 Å². The number of hydrogen-bond donors (Lipinski definition) is 2. The molecule has 4 heteroatoms. The van der Waals surface area contributed by atoms with Gasteiger partial charge in [0, 0.05) is 18.4 Å². The van der Waals surface area contributed by atoms with Crippen molar-refractivity contribution >= 4 is 23.1 Å². The first-order valence-corrected chi connectivity index (χ1v) is 6.59. The highest BCUT2D eigenvalue weighted by atomic mass is 32.1. The Balaban J connectivity index is 1.78. The molecule has 2 rings (SSSR count). The van der Waals surface area contributed by atoms with E-state index in [1.807, 2.05) is 0 Å². The molecule has 3 N–H and O–H groups in total. The summed E-state index contributed by atoms with van der Waals surface area (Å²) < 4.78 is 0. The van der Waals surface area contributed by atoms with Gasteiger partial charge in [-0.1, -0.05) is 19.1 Å². The van der Waals surface area contributed by atoms with Crippen LogP contribution in [0.1, 0.15) is 39.0 Å². The van der Waals surface area contributed by atoms with E-state index in [-0.39, 0.29) is 17.9 Å². The highest BCUT2D eigenvalue weighted by Crippen LogP contribution is 2.54. The zero-order valence-corrected chi connectivity index (χ0v) is 10.6. The van der Waals surface area contributed by atoms with Crippen LogP contribution in [0.15, 0.2) is 0 Å². The minimum Gasteiger partial charge on any atom is -0.393 e. The van der Waals surface area contributed by atoms with Crippen LogP contribution in [0.4, 0.5) is 0 Å². The normalized spacial score (nSPS) is 32.9. The van der Waals surface area contributed by atoms with Gasteiger partial charge in [-0.15, -0.1) is 0 Å². The van der Waals surface area contributed by atoms with E-state index in [0.717, 1.165) is 31.1 Å². The molecule has 2 aliphatic carbocycles. The molecule has 90 valence electrons. The standard InChI is InChI=1S/C12H20N2OS/c1-2-10(6-11(13)16)14-12(15)9-4-7-3-8(7)5-9/h7-10H,2-6H2,1H3,(H2,13,16)(H,14,15). The van der Waals surface area contributed by atoms with Crippen LogP contribution >= 0.6 is 12.2 Å². The molecule has 0 radical (unpaired) electrons. The van der Waals surface area contributed by atoms with E-state index in [4.69, 9.17) is 18.0 Å². The van der Waals surface area contributed by atoms with Gasteiger partial charge < -0.3 is 11.1 Å². The minimum absolute atomic E-state index is 0.127. The van der Waals surface area contributed by atoms with Crippen LogP contribution in [-0.4, -0.2) is 16.9 Å². The number of carbonyl (C=O) groups excluding carboxylic acids is 1. The monoisotopic (exact) mass is 240 g/mol. The number of rotatable bonds is 5. The fourth-order valence-corrected chi connectivity index (χ4v) is 2.99. The lowest BCUT2D eigenvalue weighted by molar-refractivity contribution is -0.125. The van der Waals surface area contributed by atoms with Crippen molar-refractivity contribution in [2.75, 3.05) is 0 Å². The SMILES string of the molecule is CCC(CC(N)=S)NC(=O)C1CC2CC2C1. The third kappa shape index (κ3) is 2.73. The van der Waals surface area contributed by atoms with E-state index in [1.165, 1.54) is 6.42 Å². The maximum Gasteiger partial charge on any atom is 0.223 e. The molecular weight excluding hydrogens is 220 g/mol. The molecule has 0 spiro atoms. The lowest BCUT2D eigenvalue weighted by Gasteiger charge is -2.19. The van der Waals surface area contributed by atoms with E-state index >= 15 is 0 Å². The second kappa shape index (κ2) is 4.70. The van der Waals surface area contributed by atoms with Gasteiger partial charge in [-0.2, -0.15) is 0 Å². The minimum atomic E-state index is 0.127. The number of carbonyl (C=O) groups is 1. The first kappa shape index (κ1) is 11.8. The molecule has 0 saturated heterocycles. The Labute approximate surface area is 102 Å². The molecule has 1 amide bonds. The number of fused-ring (bicyclic) bond motifs is 1. The van der Waals surface area contributed by atoms with Crippen molar-refractivity contribution in [2.45, 2.75) is 45.1 Å². The number of nitrogens with two attached hydrogens (primary N) is 1. The summed E-state index contributed by atoms with van der Waals surface area (Å²) in [5.74, 6) is 2.18. The van der Waals surface area contributed by atoms with E-state index < -0.39 is 0 Å². The second-order valence-corrected chi connectivity index (χ2v) is 5.73. The van der Waals surface area contributed by atoms with Gasteiger partial charge in [0.15, 0.2) is 0 Å². The third-order valence-corrected chi connectivity index (χ3v) is 4.07. The van der Waals surface area contributed by atoms with Gasteiger partial charge in [-0.3, -0.25) is 4.79 Å². The summed E-state index contributed by atoms with van der Waals surface area (Å²) in [4.78, 5) is 12.5. The second-order valence-electron chi connectivity index (χ2n) is 5.21. The Morgan fingerprint density at radius 3 is 2.56 bits per heavy atom. The zero-order chi connectivity index (χ0) is 11.7. The van der Waals surface area contributed by atoms with E-state index in [9.17, 15) is 4.79 Å². The lowest BCUT2D eigenvalue weighted by atomic mass is 10.0. The maximum atomic E-state index is 12.0. The van der Waals surface area contributed by atoms with Gasteiger partial charge in [0.25, 0.3) is 0 Å².